The van der Waals surface area contributed by atoms with E-state index in [-0.39, 0.29) is 5.41 Å². The largest absolute Gasteiger partial charge is 0.378 e. The van der Waals surface area contributed by atoms with E-state index < -0.39 is 0 Å². The number of hydrogen-bond donors (Lipinski definition) is 1. The van der Waals surface area contributed by atoms with E-state index in [1.807, 2.05) is 0 Å². The summed E-state index contributed by atoms with van der Waals surface area (Å²) in [6, 6.07) is 6.54. The maximum Gasteiger partial charge on any atom is 0.0446 e. The van der Waals surface area contributed by atoms with Crippen LogP contribution >= 0.6 is 0 Å². The van der Waals surface area contributed by atoms with Crippen molar-refractivity contribution in [1.29, 1.82) is 5.41 Å². The summed E-state index contributed by atoms with van der Waals surface area (Å²) in [5.41, 5.74) is 9.60. The first-order chi connectivity index (χ1) is 10.5. The van der Waals surface area contributed by atoms with E-state index in [2.05, 4.69) is 78.7 Å². The second-order valence-electron chi connectivity index (χ2n) is 7.93. The van der Waals surface area contributed by atoms with E-state index in [1.165, 1.54) is 27.9 Å². The van der Waals surface area contributed by atoms with Crippen molar-refractivity contribution >= 4 is 17.0 Å². The summed E-state index contributed by atoms with van der Waals surface area (Å²) in [5.74, 6) is 0. The molecule has 1 aromatic carbocycles. The summed E-state index contributed by atoms with van der Waals surface area (Å²) in [5, 5.41) is 8.74. The number of hydrogen-bond acceptors (Lipinski definition) is 2. The van der Waals surface area contributed by atoms with Gasteiger partial charge in [-0.3, -0.25) is 0 Å². The van der Waals surface area contributed by atoms with Gasteiger partial charge in [0.15, 0.2) is 0 Å². The Morgan fingerprint density at radius 2 is 1.65 bits per heavy atom. The number of anilines is 1. The highest BCUT2D eigenvalue weighted by Gasteiger charge is 2.25. The average Bonchev–Trinajstić information content (AvgIpc) is 2.72. The van der Waals surface area contributed by atoms with Crippen molar-refractivity contribution in [1.82, 2.24) is 0 Å². The summed E-state index contributed by atoms with van der Waals surface area (Å²) in [6.07, 6.45) is 1.00. The van der Waals surface area contributed by atoms with Crippen LogP contribution in [0.25, 0.3) is 5.57 Å². The first-order valence-electron chi connectivity index (χ1n) is 8.31. The molecule has 0 radical (unpaired) electrons. The Kier molecular flexibility index (Phi) is 4.57. The second-order valence-corrected chi connectivity index (χ2v) is 7.93. The fourth-order valence-electron chi connectivity index (χ4n) is 3.06. The Hall–Kier alpha value is -1.83. The van der Waals surface area contributed by atoms with Crippen LogP contribution in [0.15, 0.2) is 34.9 Å². The first kappa shape index (κ1) is 17.5. The summed E-state index contributed by atoms with van der Waals surface area (Å²) in [4.78, 5) is 2.11. The fraction of sp³-hybridized carbons (Fsp3) is 0.476. The maximum atomic E-state index is 8.74. The van der Waals surface area contributed by atoms with Crippen molar-refractivity contribution < 1.29 is 0 Å². The van der Waals surface area contributed by atoms with Crippen LogP contribution in [-0.4, -0.2) is 19.8 Å². The van der Waals surface area contributed by atoms with E-state index in [4.69, 9.17) is 5.41 Å². The number of allylic oxidation sites excluding steroid dienone is 4. The molecule has 0 amide bonds. The lowest BCUT2D eigenvalue weighted by atomic mass is 9.81. The monoisotopic (exact) mass is 310 g/mol. The Labute approximate surface area is 141 Å². The molecule has 1 N–H and O–H groups in total. The van der Waals surface area contributed by atoms with Gasteiger partial charge in [0, 0.05) is 36.5 Å². The SMILES string of the molecule is CC1=C(C)C(C)=C(c2ccc(N(C)C)cc2C(=N)C(C)(C)C)C1. The minimum absolute atomic E-state index is 0.162. The minimum Gasteiger partial charge on any atom is -0.378 e. The molecule has 0 unspecified atom stereocenters. The van der Waals surface area contributed by atoms with Gasteiger partial charge in [-0.25, -0.2) is 0 Å². The molecule has 0 saturated heterocycles. The fourth-order valence-corrected chi connectivity index (χ4v) is 3.06. The highest BCUT2D eigenvalue weighted by molar-refractivity contribution is 6.07. The number of benzene rings is 1. The lowest BCUT2D eigenvalue weighted by Crippen LogP contribution is -2.22. The van der Waals surface area contributed by atoms with E-state index in [0.717, 1.165) is 17.7 Å². The minimum atomic E-state index is -0.162. The van der Waals surface area contributed by atoms with Gasteiger partial charge in [-0.05, 0) is 61.6 Å². The zero-order chi connectivity index (χ0) is 17.5. The summed E-state index contributed by atoms with van der Waals surface area (Å²) in [6.45, 7) is 13.0. The summed E-state index contributed by atoms with van der Waals surface area (Å²) < 4.78 is 0. The zero-order valence-electron chi connectivity index (χ0n) is 15.9. The van der Waals surface area contributed by atoms with Gasteiger partial charge in [0.05, 0.1) is 0 Å². The smallest absolute Gasteiger partial charge is 0.0446 e. The van der Waals surface area contributed by atoms with Crippen molar-refractivity contribution in [3.63, 3.8) is 0 Å². The molecule has 0 fully saturated rings. The van der Waals surface area contributed by atoms with Crippen LogP contribution in [0.3, 0.4) is 0 Å². The number of nitrogens with zero attached hydrogens (tertiary/aromatic N) is 1. The van der Waals surface area contributed by atoms with Crippen molar-refractivity contribution in [3.8, 4) is 0 Å². The van der Waals surface area contributed by atoms with Crippen LogP contribution in [0, 0.1) is 10.8 Å². The molecule has 0 bridgehead atoms. The Morgan fingerprint density at radius 3 is 2.09 bits per heavy atom. The van der Waals surface area contributed by atoms with Crippen molar-refractivity contribution in [3.05, 3.63) is 46.0 Å². The average molecular weight is 310 g/mol. The third kappa shape index (κ3) is 3.26. The quantitative estimate of drug-likeness (QED) is 0.714. The second kappa shape index (κ2) is 5.99. The first-order valence-corrected chi connectivity index (χ1v) is 8.31. The summed E-state index contributed by atoms with van der Waals surface area (Å²) >= 11 is 0. The molecular weight excluding hydrogens is 280 g/mol. The van der Waals surface area contributed by atoms with Gasteiger partial charge < -0.3 is 10.3 Å². The molecule has 2 nitrogen and oxygen atoms in total. The van der Waals surface area contributed by atoms with Crippen LogP contribution < -0.4 is 4.90 Å². The molecule has 23 heavy (non-hydrogen) atoms. The zero-order valence-corrected chi connectivity index (χ0v) is 15.9. The lowest BCUT2D eigenvalue weighted by Gasteiger charge is -2.25. The van der Waals surface area contributed by atoms with Crippen LogP contribution in [0.4, 0.5) is 5.69 Å². The molecule has 0 heterocycles. The molecule has 0 aromatic heterocycles. The lowest BCUT2D eigenvalue weighted by molar-refractivity contribution is 0.588. The Balaban J connectivity index is 2.64. The van der Waals surface area contributed by atoms with Gasteiger partial charge in [-0.15, -0.1) is 0 Å². The normalized spacial score (nSPS) is 15.5. The van der Waals surface area contributed by atoms with E-state index >= 15 is 0 Å². The molecule has 0 atom stereocenters. The number of rotatable bonds is 3. The standard InChI is InChI=1S/C21H30N2/c1-13-11-18(15(3)14(13)2)17-10-9-16(23(7)8)12-19(17)20(22)21(4,5)6/h9-10,12,22H,11H2,1-8H3. The predicted molar refractivity (Wildman–Crippen MR) is 103 cm³/mol. The van der Waals surface area contributed by atoms with Gasteiger partial charge in [-0.2, -0.15) is 0 Å². The van der Waals surface area contributed by atoms with E-state index in [1.54, 1.807) is 0 Å². The molecule has 0 aliphatic heterocycles. The predicted octanol–water partition coefficient (Wildman–Crippen LogP) is 5.68. The molecular formula is C21H30N2. The van der Waals surface area contributed by atoms with E-state index in [9.17, 15) is 0 Å². The molecule has 1 aliphatic carbocycles. The van der Waals surface area contributed by atoms with Gasteiger partial charge >= 0.3 is 0 Å². The molecule has 1 aliphatic rings. The third-order valence-corrected chi connectivity index (χ3v) is 4.96. The molecule has 2 heteroatoms. The van der Waals surface area contributed by atoms with Gasteiger partial charge in [0.25, 0.3) is 0 Å². The highest BCUT2D eigenvalue weighted by atomic mass is 15.1. The molecule has 0 saturated carbocycles. The maximum absolute atomic E-state index is 8.74. The Morgan fingerprint density at radius 1 is 1.04 bits per heavy atom. The van der Waals surface area contributed by atoms with Gasteiger partial charge in [0.2, 0.25) is 0 Å². The third-order valence-electron chi connectivity index (χ3n) is 4.96. The van der Waals surface area contributed by atoms with Crippen LogP contribution in [0.5, 0.6) is 0 Å². The topological polar surface area (TPSA) is 27.1 Å². The van der Waals surface area contributed by atoms with Gasteiger partial charge in [0.1, 0.15) is 0 Å². The Bertz CT molecular complexity index is 710. The van der Waals surface area contributed by atoms with Crippen LogP contribution in [-0.2, 0) is 0 Å². The van der Waals surface area contributed by atoms with Gasteiger partial charge in [-0.1, -0.05) is 32.4 Å². The van der Waals surface area contributed by atoms with Crippen molar-refractivity contribution in [2.45, 2.75) is 48.0 Å². The summed E-state index contributed by atoms with van der Waals surface area (Å²) in [7, 11) is 4.10. The highest BCUT2D eigenvalue weighted by Crippen LogP contribution is 2.40. The molecule has 1 aromatic rings. The molecule has 0 spiro atoms. The van der Waals surface area contributed by atoms with Crippen LogP contribution in [0.1, 0.15) is 59.1 Å². The molecule has 124 valence electrons. The number of nitrogens with one attached hydrogen (secondary N) is 1. The van der Waals surface area contributed by atoms with Crippen molar-refractivity contribution in [2.75, 3.05) is 19.0 Å². The van der Waals surface area contributed by atoms with Crippen molar-refractivity contribution in [2.24, 2.45) is 5.41 Å². The van der Waals surface area contributed by atoms with Crippen LogP contribution in [0.2, 0.25) is 0 Å². The molecule has 2 rings (SSSR count). The van der Waals surface area contributed by atoms with E-state index in [0.29, 0.717) is 5.71 Å².